The molecule has 2 amide bonds. The first-order valence-corrected chi connectivity index (χ1v) is 9.32. The summed E-state index contributed by atoms with van der Waals surface area (Å²) in [5, 5.41) is 5.77. The van der Waals surface area contributed by atoms with Crippen molar-refractivity contribution in [1.82, 2.24) is 10.3 Å². The summed E-state index contributed by atoms with van der Waals surface area (Å²) in [6, 6.07) is 20.8. The van der Waals surface area contributed by atoms with Crippen molar-refractivity contribution < 1.29 is 9.59 Å². The quantitative estimate of drug-likeness (QED) is 0.633. The number of nitrogens with zero attached hydrogens (tertiary/aromatic N) is 1. The van der Waals surface area contributed by atoms with Crippen LogP contribution in [0.3, 0.4) is 0 Å². The predicted octanol–water partition coefficient (Wildman–Crippen LogP) is 3.63. The number of anilines is 1. The Morgan fingerprint density at radius 1 is 0.821 bits per heavy atom. The van der Waals surface area contributed by atoms with Crippen molar-refractivity contribution in [3.63, 3.8) is 0 Å². The van der Waals surface area contributed by atoms with Gasteiger partial charge < -0.3 is 10.6 Å². The molecular formula is C23H23N3O2. The molecule has 0 spiro atoms. The number of rotatable bonds is 8. The summed E-state index contributed by atoms with van der Waals surface area (Å²) in [5.41, 5.74) is 3.16. The van der Waals surface area contributed by atoms with Crippen LogP contribution in [0, 0.1) is 0 Å². The third-order valence-corrected chi connectivity index (χ3v) is 4.35. The highest BCUT2D eigenvalue weighted by atomic mass is 16.2. The average Bonchev–Trinajstić information content (AvgIpc) is 2.74. The molecule has 1 heterocycles. The fraction of sp³-hybridized carbons (Fsp3) is 0.174. The van der Waals surface area contributed by atoms with Gasteiger partial charge in [-0.1, -0.05) is 48.5 Å². The van der Waals surface area contributed by atoms with Crippen molar-refractivity contribution in [2.75, 3.05) is 11.9 Å². The van der Waals surface area contributed by atoms with Gasteiger partial charge in [0.2, 0.25) is 5.91 Å². The second-order valence-corrected chi connectivity index (χ2v) is 6.45. The minimum atomic E-state index is -0.195. The van der Waals surface area contributed by atoms with Crippen LogP contribution < -0.4 is 10.6 Å². The molecule has 0 saturated carbocycles. The van der Waals surface area contributed by atoms with E-state index in [1.807, 2.05) is 42.5 Å². The molecule has 0 unspecified atom stereocenters. The zero-order chi connectivity index (χ0) is 19.6. The lowest BCUT2D eigenvalue weighted by Crippen LogP contribution is -2.27. The second-order valence-electron chi connectivity index (χ2n) is 6.45. The number of hydrogen-bond donors (Lipinski definition) is 2. The molecule has 0 aliphatic rings. The van der Waals surface area contributed by atoms with Gasteiger partial charge in [0, 0.05) is 25.4 Å². The van der Waals surface area contributed by atoms with Crippen molar-refractivity contribution in [1.29, 1.82) is 0 Å². The Morgan fingerprint density at radius 3 is 2.36 bits per heavy atom. The number of hydrogen-bond acceptors (Lipinski definition) is 3. The van der Waals surface area contributed by atoms with Crippen LogP contribution in [-0.4, -0.2) is 23.3 Å². The van der Waals surface area contributed by atoms with Crippen molar-refractivity contribution >= 4 is 17.5 Å². The fourth-order valence-corrected chi connectivity index (χ4v) is 2.87. The van der Waals surface area contributed by atoms with Gasteiger partial charge in [-0.05, 0) is 42.2 Å². The van der Waals surface area contributed by atoms with E-state index in [9.17, 15) is 9.59 Å². The summed E-state index contributed by atoms with van der Waals surface area (Å²) in [5.74, 6) is -0.326. The van der Waals surface area contributed by atoms with E-state index in [1.165, 1.54) is 5.56 Å². The Labute approximate surface area is 164 Å². The maximum Gasteiger partial charge on any atom is 0.253 e. The second kappa shape index (κ2) is 10.0. The topological polar surface area (TPSA) is 71.1 Å². The Morgan fingerprint density at radius 2 is 1.57 bits per heavy atom. The maximum atomic E-state index is 12.5. The molecule has 3 aromatic rings. The maximum absolute atomic E-state index is 12.5. The van der Waals surface area contributed by atoms with Gasteiger partial charge in [0.15, 0.2) is 0 Å². The number of nitrogens with one attached hydrogen (secondary N) is 2. The number of pyridine rings is 1. The largest absolute Gasteiger partial charge is 0.352 e. The molecule has 5 heteroatoms. The van der Waals surface area contributed by atoms with Crippen molar-refractivity contribution in [3.05, 3.63) is 95.8 Å². The molecule has 0 aliphatic heterocycles. The lowest BCUT2D eigenvalue weighted by atomic mass is 10.1. The van der Waals surface area contributed by atoms with E-state index in [0.717, 1.165) is 12.0 Å². The van der Waals surface area contributed by atoms with Gasteiger partial charge in [-0.2, -0.15) is 0 Å². The van der Waals surface area contributed by atoms with Crippen LogP contribution in [0.25, 0.3) is 0 Å². The molecular weight excluding hydrogens is 350 g/mol. The highest BCUT2D eigenvalue weighted by molar-refractivity contribution is 6.03. The molecule has 2 N–H and O–H groups in total. The molecule has 0 radical (unpaired) electrons. The number of carbonyl (C=O) groups excluding carboxylic acids is 2. The third-order valence-electron chi connectivity index (χ3n) is 4.35. The molecule has 1 aromatic heterocycles. The normalized spacial score (nSPS) is 10.3. The van der Waals surface area contributed by atoms with Crippen LogP contribution >= 0.6 is 0 Å². The van der Waals surface area contributed by atoms with Gasteiger partial charge in [0.1, 0.15) is 0 Å². The first-order valence-electron chi connectivity index (χ1n) is 9.32. The van der Waals surface area contributed by atoms with Crippen LogP contribution in [0.1, 0.15) is 27.9 Å². The van der Waals surface area contributed by atoms with Gasteiger partial charge in [-0.15, -0.1) is 0 Å². The summed E-state index contributed by atoms with van der Waals surface area (Å²) in [6.45, 7) is 0.534. The molecule has 0 aliphatic carbocycles. The van der Waals surface area contributed by atoms with Gasteiger partial charge in [-0.3, -0.25) is 14.6 Å². The first kappa shape index (κ1) is 19.3. The minimum absolute atomic E-state index is 0.131. The number of benzene rings is 2. The Bertz CT molecular complexity index is 911. The van der Waals surface area contributed by atoms with Crippen LogP contribution in [-0.2, 0) is 17.6 Å². The van der Waals surface area contributed by atoms with E-state index in [1.54, 1.807) is 36.7 Å². The fourth-order valence-electron chi connectivity index (χ4n) is 2.87. The molecule has 2 aromatic carbocycles. The smallest absolute Gasteiger partial charge is 0.253 e. The van der Waals surface area contributed by atoms with Gasteiger partial charge >= 0.3 is 0 Å². The minimum Gasteiger partial charge on any atom is -0.352 e. The standard InChI is InChI=1S/C23H23N3O2/c27-22(13-12-19-9-6-15-24-17-19)26-21-11-5-4-10-20(21)23(28)25-16-14-18-7-2-1-3-8-18/h1-11,15,17H,12-14,16H2,(H,25,28)(H,26,27). The van der Waals surface area contributed by atoms with E-state index in [2.05, 4.69) is 15.6 Å². The monoisotopic (exact) mass is 373 g/mol. The van der Waals surface area contributed by atoms with Crippen LogP contribution in [0.5, 0.6) is 0 Å². The SMILES string of the molecule is O=C(CCc1cccnc1)Nc1ccccc1C(=O)NCCc1ccccc1. The summed E-state index contributed by atoms with van der Waals surface area (Å²) < 4.78 is 0. The Kier molecular flexibility index (Phi) is 6.90. The van der Waals surface area contributed by atoms with E-state index in [-0.39, 0.29) is 11.8 Å². The summed E-state index contributed by atoms with van der Waals surface area (Å²) >= 11 is 0. The highest BCUT2D eigenvalue weighted by Gasteiger charge is 2.13. The third kappa shape index (κ3) is 5.77. The number of carbonyl (C=O) groups is 2. The molecule has 142 valence electrons. The molecule has 0 bridgehead atoms. The van der Waals surface area contributed by atoms with E-state index in [0.29, 0.717) is 30.6 Å². The zero-order valence-corrected chi connectivity index (χ0v) is 15.6. The number of para-hydroxylation sites is 1. The molecule has 0 saturated heterocycles. The summed E-state index contributed by atoms with van der Waals surface area (Å²) in [4.78, 5) is 28.9. The number of amides is 2. The molecule has 5 nitrogen and oxygen atoms in total. The molecule has 0 fully saturated rings. The van der Waals surface area contributed by atoms with Gasteiger partial charge in [-0.25, -0.2) is 0 Å². The van der Waals surface area contributed by atoms with Crippen LogP contribution in [0.2, 0.25) is 0 Å². The van der Waals surface area contributed by atoms with Crippen molar-refractivity contribution in [2.45, 2.75) is 19.3 Å². The zero-order valence-electron chi connectivity index (χ0n) is 15.6. The van der Waals surface area contributed by atoms with Crippen molar-refractivity contribution in [2.24, 2.45) is 0 Å². The summed E-state index contributed by atoms with van der Waals surface area (Å²) in [7, 11) is 0. The number of aryl methyl sites for hydroxylation is 1. The Balaban J connectivity index is 1.54. The Hall–Kier alpha value is -3.47. The van der Waals surface area contributed by atoms with E-state index < -0.39 is 0 Å². The number of aromatic nitrogens is 1. The lowest BCUT2D eigenvalue weighted by Gasteiger charge is -2.11. The van der Waals surface area contributed by atoms with Crippen molar-refractivity contribution in [3.8, 4) is 0 Å². The van der Waals surface area contributed by atoms with Crippen LogP contribution in [0.4, 0.5) is 5.69 Å². The van der Waals surface area contributed by atoms with Crippen LogP contribution in [0.15, 0.2) is 79.1 Å². The van der Waals surface area contributed by atoms with E-state index in [4.69, 9.17) is 0 Å². The molecule has 28 heavy (non-hydrogen) atoms. The molecule has 3 rings (SSSR count). The predicted molar refractivity (Wildman–Crippen MR) is 110 cm³/mol. The van der Waals surface area contributed by atoms with Gasteiger partial charge in [0.25, 0.3) is 5.91 Å². The first-order chi connectivity index (χ1) is 13.7. The molecule has 0 atom stereocenters. The van der Waals surface area contributed by atoms with Gasteiger partial charge in [0.05, 0.1) is 11.3 Å². The average molecular weight is 373 g/mol. The van der Waals surface area contributed by atoms with E-state index >= 15 is 0 Å². The lowest BCUT2D eigenvalue weighted by molar-refractivity contribution is -0.116. The highest BCUT2D eigenvalue weighted by Crippen LogP contribution is 2.16. The summed E-state index contributed by atoms with van der Waals surface area (Å²) in [6.07, 6.45) is 5.14.